The molecule has 0 aliphatic rings. The zero-order valence-electron chi connectivity index (χ0n) is 17.1. The molecular formula is C21H24Cl2N2O5. The Labute approximate surface area is 187 Å². The summed E-state index contributed by atoms with van der Waals surface area (Å²) in [5.74, 6) is 1.55. The molecule has 30 heavy (non-hydrogen) atoms. The second kappa shape index (κ2) is 10.8. The van der Waals surface area contributed by atoms with E-state index in [9.17, 15) is 4.79 Å². The van der Waals surface area contributed by atoms with Crippen LogP contribution in [0.15, 0.2) is 36.7 Å². The normalized spacial score (nSPS) is 9.87. The number of halogens is 2. The minimum Gasteiger partial charge on any atom is -0.493 e. The Morgan fingerprint density at radius 3 is 2.10 bits per heavy atom. The van der Waals surface area contributed by atoms with Gasteiger partial charge in [0.2, 0.25) is 5.75 Å². The zero-order chi connectivity index (χ0) is 20.3. The minimum absolute atomic E-state index is 0. The van der Waals surface area contributed by atoms with Gasteiger partial charge in [0.1, 0.15) is 5.75 Å². The van der Waals surface area contributed by atoms with E-state index in [2.05, 4.69) is 4.98 Å². The molecule has 0 amide bonds. The van der Waals surface area contributed by atoms with Gasteiger partial charge in [0.15, 0.2) is 17.3 Å². The van der Waals surface area contributed by atoms with Crippen LogP contribution in [-0.2, 0) is 0 Å². The van der Waals surface area contributed by atoms with Gasteiger partial charge in [0.25, 0.3) is 0 Å². The topological polar surface area (TPSA) is 92.9 Å². The predicted molar refractivity (Wildman–Crippen MR) is 121 cm³/mol. The van der Waals surface area contributed by atoms with Crippen molar-refractivity contribution in [2.45, 2.75) is 6.92 Å². The van der Waals surface area contributed by atoms with Gasteiger partial charge in [-0.05, 0) is 36.6 Å². The van der Waals surface area contributed by atoms with Crippen LogP contribution in [-0.4, -0.2) is 38.7 Å². The molecule has 0 aliphatic heterocycles. The highest BCUT2D eigenvalue weighted by molar-refractivity contribution is 6.18. The first-order valence-corrected chi connectivity index (χ1v) is 8.69. The highest BCUT2D eigenvalue weighted by Gasteiger charge is 2.20. The van der Waals surface area contributed by atoms with Crippen molar-refractivity contribution in [3.8, 4) is 23.0 Å². The first kappa shape index (κ1) is 25.1. The summed E-state index contributed by atoms with van der Waals surface area (Å²) in [6, 6.07) is 6.79. The Morgan fingerprint density at radius 2 is 1.57 bits per heavy atom. The van der Waals surface area contributed by atoms with E-state index >= 15 is 0 Å². The van der Waals surface area contributed by atoms with E-state index in [0.29, 0.717) is 57.2 Å². The van der Waals surface area contributed by atoms with Gasteiger partial charge in [-0.1, -0.05) is 0 Å². The third-order valence-corrected chi connectivity index (χ3v) is 4.42. The quantitative estimate of drug-likeness (QED) is 0.419. The number of methoxy groups -OCH3 is 3. The van der Waals surface area contributed by atoms with Crippen LogP contribution in [0.1, 0.15) is 22.8 Å². The van der Waals surface area contributed by atoms with E-state index in [4.69, 9.17) is 24.7 Å². The maximum atomic E-state index is 13.3. The highest BCUT2D eigenvalue weighted by atomic mass is 35.5. The van der Waals surface area contributed by atoms with Crippen LogP contribution in [0.25, 0.3) is 10.8 Å². The summed E-state index contributed by atoms with van der Waals surface area (Å²) < 4.78 is 21.5. The molecule has 0 unspecified atom stereocenters. The molecule has 2 aromatic carbocycles. The maximum absolute atomic E-state index is 13.3. The monoisotopic (exact) mass is 454 g/mol. The minimum atomic E-state index is -0.235. The molecule has 3 rings (SSSR count). The molecule has 0 aliphatic carbocycles. The maximum Gasteiger partial charge on any atom is 0.203 e. The second-order valence-corrected chi connectivity index (χ2v) is 5.94. The van der Waals surface area contributed by atoms with E-state index in [0.717, 1.165) is 0 Å². The van der Waals surface area contributed by atoms with Gasteiger partial charge in [-0.15, -0.1) is 24.8 Å². The zero-order valence-corrected chi connectivity index (χ0v) is 18.7. The Bertz CT molecular complexity index is 1020. The number of nitrogen functional groups attached to an aromatic ring is 1. The molecule has 1 aromatic heterocycles. The Morgan fingerprint density at radius 1 is 0.933 bits per heavy atom. The molecule has 0 saturated heterocycles. The number of pyridine rings is 1. The lowest BCUT2D eigenvalue weighted by Gasteiger charge is -2.15. The molecule has 0 radical (unpaired) electrons. The molecule has 7 nitrogen and oxygen atoms in total. The summed E-state index contributed by atoms with van der Waals surface area (Å²) in [6.07, 6.45) is 3.15. The van der Waals surface area contributed by atoms with Crippen molar-refractivity contribution >= 4 is 47.1 Å². The lowest BCUT2D eigenvalue weighted by atomic mass is 9.98. The number of anilines is 1. The fourth-order valence-corrected chi connectivity index (χ4v) is 3.08. The molecular weight excluding hydrogens is 431 g/mol. The molecule has 162 valence electrons. The fourth-order valence-electron chi connectivity index (χ4n) is 3.08. The molecule has 0 spiro atoms. The Kier molecular flexibility index (Phi) is 9.01. The van der Waals surface area contributed by atoms with Gasteiger partial charge >= 0.3 is 0 Å². The fraction of sp³-hybridized carbons (Fsp3) is 0.238. The number of ether oxygens (including phenoxy) is 4. The van der Waals surface area contributed by atoms with Crippen molar-refractivity contribution in [1.29, 1.82) is 0 Å². The summed E-state index contributed by atoms with van der Waals surface area (Å²) >= 11 is 0. The number of ketones is 1. The number of rotatable bonds is 7. The number of nitrogens with two attached hydrogens (primary N) is 1. The van der Waals surface area contributed by atoms with Crippen molar-refractivity contribution in [2.24, 2.45) is 0 Å². The molecule has 2 N–H and O–H groups in total. The lowest BCUT2D eigenvalue weighted by molar-refractivity contribution is 0.103. The van der Waals surface area contributed by atoms with E-state index in [1.165, 1.54) is 27.5 Å². The van der Waals surface area contributed by atoms with Gasteiger partial charge in [-0.2, -0.15) is 0 Å². The summed E-state index contributed by atoms with van der Waals surface area (Å²) in [7, 11) is 4.51. The number of nitrogens with zero attached hydrogens (tertiary/aromatic N) is 1. The Hall–Kier alpha value is -2.90. The molecule has 9 heteroatoms. The van der Waals surface area contributed by atoms with Crippen LogP contribution in [0.3, 0.4) is 0 Å². The van der Waals surface area contributed by atoms with Crippen LogP contribution in [0, 0.1) is 0 Å². The van der Waals surface area contributed by atoms with Gasteiger partial charge < -0.3 is 24.7 Å². The molecule has 0 saturated carbocycles. The summed E-state index contributed by atoms with van der Waals surface area (Å²) in [5, 5.41) is 1.35. The highest BCUT2D eigenvalue weighted by Crippen LogP contribution is 2.39. The first-order valence-electron chi connectivity index (χ1n) is 8.69. The van der Waals surface area contributed by atoms with Gasteiger partial charge in [0, 0.05) is 28.9 Å². The standard InChI is InChI=1S/C21H22N2O5.2ClH/c1-5-28-16-7-6-13-14(19(16)22)10-23-11-15(13)20(24)12-8-17(25-2)21(27-4)18(9-12)26-3;;/h6-11H,5,22H2,1-4H3;2*1H. The van der Waals surface area contributed by atoms with E-state index < -0.39 is 0 Å². The summed E-state index contributed by atoms with van der Waals surface area (Å²) in [4.78, 5) is 17.5. The predicted octanol–water partition coefficient (Wildman–Crippen LogP) is 4.32. The van der Waals surface area contributed by atoms with Gasteiger partial charge in [-0.25, -0.2) is 0 Å². The molecule has 0 atom stereocenters. The third-order valence-electron chi connectivity index (χ3n) is 4.42. The number of carbonyl (C=O) groups excluding carboxylic acids is 1. The number of fused-ring (bicyclic) bond motifs is 1. The van der Waals surface area contributed by atoms with Crippen molar-refractivity contribution in [3.05, 3.63) is 47.8 Å². The number of hydrogen-bond donors (Lipinski definition) is 1. The summed E-state index contributed by atoms with van der Waals surface area (Å²) in [6.45, 7) is 2.37. The van der Waals surface area contributed by atoms with Crippen LogP contribution in [0.5, 0.6) is 23.0 Å². The van der Waals surface area contributed by atoms with Crippen molar-refractivity contribution < 1.29 is 23.7 Å². The van der Waals surface area contributed by atoms with Crippen LogP contribution in [0.4, 0.5) is 5.69 Å². The molecule has 0 bridgehead atoms. The van der Waals surface area contributed by atoms with E-state index in [-0.39, 0.29) is 30.6 Å². The van der Waals surface area contributed by atoms with Crippen LogP contribution in [0.2, 0.25) is 0 Å². The van der Waals surface area contributed by atoms with Crippen molar-refractivity contribution in [2.75, 3.05) is 33.7 Å². The largest absolute Gasteiger partial charge is 0.493 e. The number of carbonyl (C=O) groups is 1. The number of benzene rings is 2. The van der Waals surface area contributed by atoms with Crippen LogP contribution >= 0.6 is 24.8 Å². The number of hydrogen-bond acceptors (Lipinski definition) is 7. The second-order valence-electron chi connectivity index (χ2n) is 5.94. The lowest BCUT2D eigenvalue weighted by Crippen LogP contribution is -2.06. The van der Waals surface area contributed by atoms with Gasteiger partial charge in [-0.3, -0.25) is 9.78 Å². The first-order chi connectivity index (χ1) is 13.5. The smallest absolute Gasteiger partial charge is 0.203 e. The Balaban J connectivity index is 0.00000225. The van der Waals surface area contributed by atoms with Crippen molar-refractivity contribution in [1.82, 2.24) is 4.98 Å². The number of aromatic nitrogens is 1. The SMILES string of the molecule is CCOc1ccc2c(C(=O)c3cc(OC)c(OC)c(OC)c3)cncc2c1N.Cl.Cl. The average molecular weight is 455 g/mol. The molecule has 1 heterocycles. The van der Waals surface area contributed by atoms with Crippen LogP contribution < -0.4 is 24.7 Å². The summed E-state index contributed by atoms with van der Waals surface area (Å²) in [5.41, 5.74) is 7.46. The van der Waals surface area contributed by atoms with Crippen molar-refractivity contribution in [3.63, 3.8) is 0 Å². The molecule has 3 aromatic rings. The van der Waals surface area contributed by atoms with Gasteiger partial charge in [0.05, 0.1) is 33.6 Å². The van der Waals surface area contributed by atoms with E-state index in [1.807, 2.05) is 13.0 Å². The average Bonchev–Trinajstić information content (AvgIpc) is 2.73. The van der Waals surface area contributed by atoms with E-state index in [1.54, 1.807) is 24.4 Å². The third kappa shape index (κ3) is 4.47. The molecule has 0 fully saturated rings.